The van der Waals surface area contributed by atoms with Crippen LogP contribution in [0.15, 0.2) is 11.0 Å². The average molecular weight is 218 g/mol. The Balaban J connectivity index is 2.79. The Hall–Kier alpha value is -1.07. The molecule has 0 saturated heterocycles. The number of halogens is 1. The number of nitrogens with two attached hydrogens (primary N) is 1. The molecule has 0 atom stereocenters. The lowest BCUT2D eigenvalue weighted by Gasteiger charge is -2.04. The zero-order chi connectivity index (χ0) is 10.6. The molecule has 78 valence electrons. The van der Waals surface area contributed by atoms with Gasteiger partial charge >= 0.3 is 0 Å². The Kier molecular flexibility index (Phi) is 3.91. The van der Waals surface area contributed by atoms with E-state index in [9.17, 15) is 4.79 Å². The molecule has 0 aliphatic heterocycles. The van der Waals surface area contributed by atoms with Crippen molar-refractivity contribution in [2.45, 2.75) is 19.4 Å². The van der Waals surface area contributed by atoms with E-state index in [2.05, 4.69) is 5.10 Å². The highest BCUT2D eigenvalue weighted by Crippen LogP contribution is 2.09. The zero-order valence-corrected chi connectivity index (χ0v) is 8.37. The van der Waals surface area contributed by atoms with Gasteiger partial charge in [0, 0.05) is 13.2 Å². The van der Waals surface area contributed by atoms with Crippen LogP contribution in [-0.4, -0.2) is 21.5 Å². The normalized spacial score (nSPS) is 10.4. The number of aliphatic hydroxyl groups is 1. The van der Waals surface area contributed by atoms with Crippen LogP contribution in [0.4, 0.5) is 5.69 Å². The molecule has 5 nitrogen and oxygen atoms in total. The summed E-state index contributed by atoms with van der Waals surface area (Å²) in [5.41, 5.74) is 5.20. The van der Waals surface area contributed by atoms with Gasteiger partial charge in [0.2, 0.25) is 0 Å². The summed E-state index contributed by atoms with van der Waals surface area (Å²) in [6.45, 7) is 0.552. The maximum absolute atomic E-state index is 11.4. The second-order valence-corrected chi connectivity index (χ2v) is 3.25. The lowest BCUT2D eigenvalue weighted by molar-refractivity contribution is 0.279. The Labute approximate surface area is 86.1 Å². The van der Waals surface area contributed by atoms with E-state index in [0.29, 0.717) is 19.4 Å². The minimum atomic E-state index is -0.385. The third-order valence-electron chi connectivity index (χ3n) is 1.79. The first-order valence-electron chi connectivity index (χ1n) is 4.28. The van der Waals surface area contributed by atoms with E-state index in [1.165, 1.54) is 10.9 Å². The van der Waals surface area contributed by atoms with Gasteiger partial charge in [0.25, 0.3) is 5.56 Å². The fourth-order valence-corrected chi connectivity index (χ4v) is 1.16. The Morgan fingerprint density at radius 2 is 2.29 bits per heavy atom. The molecule has 1 rings (SSSR count). The van der Waals surface area contributed by atoms with E-state index in [1.807, 2.05) is 0 Å². The van der Waals surface area contributed by atoms with Crippen LogP contribution in [0, 0.1) is 0 Å². The number of hydrogen-bond acceptors (Lipinski definition) is 4. The van der Waals surface area contributed by atoms with Crippen molar-refractivity contribution in [2.75, 3.05) is 12.3 Å². The zero-order valence-electron chi connectivity index (χ0n) is 7.61. The highest BCUT2D eigenvalue weighted by molar-refractivity contribution is 6.32. The van der Waals surface area contributed by atoms with Crippen LogP contribution in [0.2, 0.25) is 5.02 Å². The minimum Gasteiger partial charge on any atom is -0.396 e. The first kappa shape index (κ1) is 11.0. The first-order chi connectivity index (χ1) is 6.66. The van der Waals surface area contributed by atoms with Gasteiger partial charge in [-0.15, -0.1) is 0 Å². The predicted octanol–water partition coefficient (Wildman–Crippen LogP) is 0.251. The predicted molar refractivity (Wildman–Crippen MR) is 54.2 cm³/mol. The van der Waals surface area contributed by atoms with Gasteiger partial charge in [0.1, 0.15) is 5.02 Å². The summed E-state index contributed by atoms with van der Waals surface area (Å²) in [4.78, 5) is 11.4. The molecule has 14 heavy (non-hydrogen) atoms. The maximum atomic E-state index is 11.4. The number of anilines is 1. The van der Waals surface area contributed by atoms with Crippen molar-refractivity contribution in [1.29, 1.82) is 0 Å². The van der Waals surface area contributed by atoms with Crippen LogP contribution in [0.3, 0.4) is 0 Å². The molecule has 0 aromatic carbocycles. The smallest absolute Gasteiger partial charge is 0.287 e. The molecule has 1 aromatic rings. The number of nitrogens with zero attached hydrogens (tertiary/aromatic N) is 2. The van der Waals surface area contributed by atoms with E-state index in [1.54, 1.807) is 0 Å². The lowest BCUT2D eigenvalue weighted by atomic mass is 10.3. The van der Waals surface area contributed by atoms with Crippen LogP contribution in [0.1, 0.15) is 12.8 Å². The number of nitrogen functional groups attached to an aromatic ring is 1. The van der Waals surface area contributed by atoms with Crippen molar-refractivity contribution in [2.24, 2.45) is 0 Å². The largest absolute Gasteiger partial charge is 0.396 e. The number of rotatable bonds is 4. The van der Waals surface area contributed by atoms with Crippen LogP contribution in [0.25, 0.3) is 0 Å². The Morgan fingerprint density at radius 1 is 1.57 bits per heavy atom. The highest BCUT2D eigenvalue weighted by Gasteiger charge is 2.05. The monoisotopic (exact) mass is 217 g/mol. The third kappa shape index (κ3) is 2.46. The molecular formula is C8H12ClN3O2. The molecule has 0 radical (unpaired) electrons. The molecule has 0 saturated carbocycles. The van der Waals surface area contributed by atoms with Crippen molar-refractivity contribution < 1.29 is 5.11 Å². The van der Waals surface area contributed by atoms with Gasteiger partial charge < -0.3 is 10.8 Å². The molecular weight excluding hydrogens is 206 g/mol. The fraction of sp³-hybridized carbons (Fsp3) is 0.500. The first-order valence-corrected chi connectivity index (χ1v) is 4.66. The molecule has 0 bridgehead atoms. The molecule has 6 heteroatoms. The van der Waals surface area contributed by atoms with Crippen LogP contribution in [0.5, 0.6) is 0 Å². The minimum absolute atomic E-state index is 0.00370. The summed E-state index contributed by atoms with van der Waals surface area (Å²) in [5, 5.41) is 12.4. The number of aliphatic hydroxyl groups excluding tert-OH is 1. The topological polar surface area (TPSA) is 81.1 Å². The molecule has 3 N–H and O–H groups in total. The third-order valence-corrected chi connectivity index (χ3v) is 2.17. The van der Waals surface area contributed by atoms with Gasteiger partial charge in [0.15, 0.2) is 0 Å². The van der Waals surface area contributed by atoms with Crippen molar-refractivity contribution in [3.05, 3.63) is 21.6 Å². The van der Waals surface area contributed by atoms with Gasteiger partial charge in [-0.05, 0) is 12.8 Å². The van der Waals surface area contributed by atoms with Crippen LogP contribution < -0.4 is 11.3 Å². The maximum Gasteiger partial charge on any atom is 0.287 e. The lowest BCUT2D eigenvalue weighted by Crippen LogP contribution is -2.24. The number of aromatic nitrogens is 2. The Morgan fingerprint density at radius 3 is 2.93 bits per heavy atom. The van der Waals surface area contributed by atoms with Crippen molar-refractivity contribution in [1.82, 2.24) is 9.78 Å². The molecule has 0 aliphatic carbocycles. The van der Waals surface area contributed by atoms with Crippen molar-refractivity contribution in [3.63, 3.8) is 0 Å². The number of unbranched alkanes of at least 4 members (excludes halogenated alkanes) is 1. The van der Waals surface area contributed by atoms with Gasteiger partial charge in [0.05, 0.1) is 11.9 Å². The SMILES string of the molecule is Nc1cnn(CCCCO)c(=O)c1Cl. The molecule has 0 aliphatic rings. The standard InChI is InChI=1S/C8H12ClN3O2/c9-7-6(10)5-11-12(8(7)14)3-1-2-4-13/h5,13H,1-4,10H2. The number of aryl methyl sites for hydroxylation is 1. The van der Waals surface area contributed by atoms with Gasteiger partial charge in [-0.3, -0.25) is 4.79 Å². The van der Waals surface area contributed by atoms with Crippen molar-refractivity contribution >= 4 is 17.3 Å². The summed E-state index contributed by atoms with van der Waals surface area (Å²) in [7, 11) is 0. The van der Waals surface area contributed by atoms with E-state index in [0.717, 1.165) is 0 Å². The van der Waals surface area contributed by atoms with Gasteiger partial charge in [-0.2, -0.15) is 5.10 Å². The second kappa shape index (κ2) is 4.97. The molecule has 0 unspecified atom stereocenters. The van der Waals surface area contributed by atoms with Crippen LogP contribution >= 0.6 is 11.6 Å². The van der Waals surface area contributed by atoms with Gasteiger partial charge in [-0.25, -0.2) is 4.68 Å². The molecule has 1 aromatic heterocycles. The van der Waals surface area contributed by atoms with Crippen molar-refractivity contribution in [3.8, 4) is 0 Å². The van der Waals surface area contributed by atoms with E-state index in [4.69, 9.17) is 22.4 Å². The summed E-state index contributed by atoms with van der Waals surface area (Å²) in [6, 6.07) is 0. The molecule has 1 heterocycles. The van der Waals surface area contributed by atoms with Crippen LogP contribution in [-0.2, 0) is 6.54 Å². The molecule has 0 amide bonds. The van der Waals surface area contributed by atoms with E-state index in [-0.39, 0.29) is 22.9 Å². The van der Waals surface area contributed by atoms with E-state index >= 15 is 0 Å². The Bertz CT molecular complexity index is 364. The quantitative estimate of drug-likeness (QED) is 0.709. The summed E-state index contributed by atoms with van der Waals surface area (Å²) >= 11 is 5.65. The second-order valence-electron chi connectivity index (χ2n) is 2.87. The highest BCUT2D eigenvalue weighted by atomic mass is 35.5. The summed E-state index contributed by atoms with van der Waals surface area (Å²) in [6.07, 6.45) is 2.67. The molecule has 0 spiro atoms. The average Bonchev–Trinajstić information content (AvgIpc) is 2.18. The fourth-order valence-electron chi connectivity index (χ4n) is 1.01. The van der Waals surface area contributed by atoms with Gasteiger partial charge in [-0.1, -0.05) is 11.6 Å². The summed E-state index contributed by atoms with van der Waals surface area (Å²) in [5.74, 6) is 0. The summed E-state index contributed by atoms with van der Waals surface area (Å²) < 4.78 is 1.24. The number of hydrogen-bond donors (Lipinski definition) is 2. The van der Waals surface area contributed by atoms with E-state index < -0.39 is 0 Å². The molecule has 0 fully saturated rings.